The summed E-state index contributed by atoms with van der Waals surface area (Å²) in [5.74, 6) is 1.69. The van der Waals surface area contributed by atoms with Crippen LogP contribution >= 0.6 is 0 Å². The maximum absolute atomic E-state index is 4.51. The molecule has 0 radical (unpaired) electrons. The Morgan fingerprint density at radius 3 is 2.62 bits per heavy atom. The second-order valence-corrected chi connectivity index (χ2v) is 7.38. The van der Waals surface area contributed by atoms with Crippen LogP contribution in [0.4, 0.5) is 0 Å². The van der Waals surface area contributed by atoms with Gasteiger partial charge < -0.3 is 10.2 Å². The molecule has 1 saturated carbocycles. The van der Waals surface area contributed by atoms with Crippen molar-refractivity contribution in [2.75, 3.05) is 33.2 Å². The molecule has 1 unspecified atom stereocenters. The lowest BCUT2D eigenvalue weighted by atomic mass is 9.99. The molecule has 2 fully saturated rings. The van der Waals surface area contributed by atoms with E-state index in [1.807, 2.05) is 7.05 Å². The molecule has 1 atom stereocenters. The van der Waals surface area contributed by atoms with Crippen LogP contribution in [0.2, 0.25) is 0 Å². The van der Waals surface area contributed by atoms with Crippen molar-refractivity contribution >= 4 is 5.96 Å². The van der Waals surface area contributed by atoms with Gasteiger partial charge in [-0.05, 0) is 38.7 Å². The standard InChI is InChI=1S/C20H32N4/c1-16(2)24(19-9-10-19)14-12-22-20(21-3)23-13-11-18(15-23)17-7-5-4-6-8-17/h4-8,16,18-19H,9-15H2,1-3H3,(H,21,22). The number of guanidine groups is 1. The monoisotopic (exact) mass is 328 g/mol. The molecule has 0 amide bonds. The summed E-state index contributed by atoms with van der Waals surface area (Å²) in [6.07, 6.45) is 3.96. The molecule has 24 heavy (non-hydrogen) atoms. The lowest BCUT2D eigenvalue weighted by Crippen LogP contribution is -2.45. The van der Waals surface area contributed by atoms with Crippen molar-refractivity contribution < 1.29 is 0 Å². The predicted molar refractivity (Wildman–Crippen MR) is 102 cm³/mol. The molecule has 1 aromatic carbocycles. The SMILES string of the molecule is CN=C(NCCN(C(C)C)C1CC1)N1CCC(c2ccccc2)C1. The summed E-state index contributed by atoms with van der Waals surface area (Å²) in [4.78, 5) is 9.55. The average molecular weight is 329 g/mol. The summed E-state index contributed by atoms with van der Waals surface area (Å²) in [6.45, 7) is 8.86. The zero-order valence-corrected chi connectivity index (χ0v) is 15.4. The van der Waals surface area contributed by atoms with Crippen molar-refractivity contribution in [2.24, 2.45) is 4.99 Å². The molecule has 1 aliphatic heterocycles. The van der Waals surface area contributed by atoms with Crippen LogP contribution in [0.5, 0.6) is 0 Å². The predicted octanol–water partition coefficient (Wildman–Crippen LogP) is 2.92. The molecular formula is C20H32N4. The molecule has 1 N–H and O–H groups in total. The van der Waals surface area contributed by atoms with E-state index in [0.717, 1.165) is 38.2 Å². The first-order valence-electron chi connectivity index (χ1n) is 9.45. The van der Waals surface area contributed by atoms with Gasteiger partial charge >= 0.3 is 0 Å². The summed E-state index contributed by atoms with van der Waals surface area (Å²) >= 11 is 0. The number of aliphatic imine (C=N–C) groups is 1. The highest BCUT2D eigenvalue weighted by atomic mass is 15.3. The van der Waals surface area contributed by atoms with E-state index < -0.39 is 0 Å². The van der Waals surface area contributed by atoms with Gasteiger partial charge in [-0.15, -0.1) is 0 Å². The fourth-order valence-corrected chi connectivity index (χ4v) is 3.85. The van der Waals surface area contributed by atoms with Crippen molar-refractivity contribution in [1.82, 2.24) is 15.1 Å². The zero-order valence-electron chi connectivity index (χ0n) is 15.4. The van der Waals surface area contributed by atoms with E-state index in [1.54, 1.807) is 0 Å². The fourth-order valence-electron chi connectivity index (χ4n) is 3.85. The third kappa shape index (κ3) is 4.29. The van der Waals surface area contributed by atoms with E-state index in [4.69, 9.17) is 0 Å². The van der Waals surface area contributed by atoms with E-state index in [1.165, 1.54) is 24.8 Å². The Hall–Kier alpha value is -1.55. The van der Waals surface area contributed by atoms with Crippen molar-refractivity contribution in [3.8, 4) is 0 Å². The van der Waals surface area contributed by atoms with Gasteiger partial charge in [-0.2, -0.15) is 0 Å². The molecule has 4 heteroatoms. The Kier molecular flexibility index (Phi) is 5.77. The zero-order chi connectivity index (χ0) is 16.9. The summed E-state index contributed by atoms with van der Waals surface area (Å²) in [6, 6.07) is 12.3. The number of hydrogen-bond donors (Lipinski definition) is 1. The Labute approximate surface area is 146 Å². The molecule has 132 valence electrons. The second-order valence-electron chi connectivity index (χ2n) is 7.38. The highest BCUT2D eigenvalue weighted by Crippen LogP contribution is 2.28. The Morgan fingerprint density at radius 1 is 1.25 bits per heavy atom. The number of hydrogen-bond acceptors (Lipinski definition) is 2. The van der Waals surface area contributed by atoms with E-state index in [9.17, 15) is 0 Å². The molecule has 1 aromatic rings. The van der Waals surface area contributed by atoms with Crippen LogP contribution in [0.25, 0.3) is 0 Å². The quantitative estimate of drug-likeness (QED) is 0.643. The number of rotatable bonds is 6. The second kappa shape index (κ2) is 8.02. The van der Waals surface area contributed by atoms with Crippen LogP contribution in [0, 0.1) is 0 Å². The molecule has 1 heterocycles. The summed E-state index contributed by atoms with van der Waals surface area (Å²) in [5.41, 5.74) is 1.45. The number of nitrogens with zero attached hydrogens (tertiary/aromatic N) is 3. The van der Waals surface area contributed by atoms with Crippen LogP contribution in [0.3, 0.4) is 0 Å². The molecule has 0 aromatic heterocycles. The van der Waals surface area contributed by atoms with Gasteiger partial charge in [-0.1, -0.05) is 30.3 Å². The molecule has 0 bridgehead atoms. The Balaban J connectivity index is 1.48. The van der Waals surface area contributed by atoms with E-state index in [2.05, 4.69) is 64.3 Å². The van der Waals surface area contributed by atoms with Gasteiger partial charge in [-0.25, -0.2) is 0 Å². The highest BCUT2D eigenvalue weighted by Gasteiger charge is 2.30. The third-order valence-corrected chi connectivity index (χ3v) is 5.30. The molecule has 1 aliphatic carbocycles. The molecule has 2 aliphatic rings. The first-order valence-corrected chi connectivity index (χ1v) is 9.45. The van der Waals surface area contributed by atoms with Gasteiger partial charge in [0.1, 0.15) is 0 Å². The lowest BCUT2D eigenvalue weighted by Gasteiger charge is -2.28. The van der Waals surface area contributed by atoms with Crippen molar-refractivity contribution in [3.63, 3.8) is 0 Å². The summed E-state index contributed by atoms with van der Waals surface area (Å²) < 4.78 is 0. The average Bonchev–Trinajstić information content (AvgIpc) is 3.31. The molecule has 3 rings (SSSR count). The van der Waals surface area contributed by atoms with Crippen molar-refractivity contribution in [2.45, 2.75) is 51.1 Å². The normalized spacial score (nSPS) is 21.8. The molecule has 4 nitrogen and oxygen atoms in total. The van der Waals surface area contributed by atoms with Gasteiger partial charge in [-0.3, -0.25) is 9.89 Å². The largest absolute Gasteiger partial charge is 0.355 e. The first-order chi connectivity index (χ1) is 11.7. The highest BCUT2D eigenvalue weighted by molar-refractivity contribution is 5.80. The number of nitrogens with one attached hydrogen (secondary N) is 1. The minimum atomic E-state index is 0.628. The van der Waals surface area contributed by atoms with Gasteiger partial charge in [0.05, 0.1) is 0 Å². The maximum Gasteiger partial charge on any atom is 0.193 e. The fraction of sp³-hybridized carbons (Fsp3) is 0.650. The smallest absolute Gasteiger partial charge is 0.193 e. The van der Waals surface area contributed by atoms with Gasteiger partial charge in [0.2, 0.25) is 0 Å². The van der Waals surface area contributed by atoms with Gasteiger partial charge in [0.15, 0.2) is 5.96 Å². The summed E-state index contributed by atoms with van der Waals surface area (Å²) in [5, 5.41) is 3.59. The minimum Gasteiger partial charge on any atom is -0.355 e. The topological polar surface area (TPSA) is 30.9 Å². The van der Waals surface area contributed by atoms with E-state index in [-0.39, 0.29) is 0 Å². The lowest BCUT2D eigenvalue weighted by molar-refractivity contribution is 0.214. The molecular weight excluding hydrogens is 296 g/mol. The van der Waals surface area contributed by atoms with Crippen molar-refractivity contribution in [3.05, 3.63) is 35.9 Å². The number of likely N-dealkylation sites (tertiary alicyclic amines) is 1. The summed E-state index contributed by atoms with van der Waals surface area (Å²) in [7, 11) is 1.90. The first kappa shape index (κ1) is 17.3. The third-order valence-electron chi connectivity index (χ3n) is 5.30. The Bertz CT molecular complexity index is 534. The van der Waals surface area contributed by atoms with Crippen LogP contribution in [0.1, 0.15) is 44.6 Å². The van der Waals surface area contributed by atoms with Gasteiger partial charge in [0.25, 0.3) is 0 Å². The molecule has 0 spiro atoms. The van der Waals surface area contributed by atoms with E-state index in [0.29, 0.717) is 12.0 Å². The Morgan fingerprint density at radius 2 is 2.00 bits per heavy atom. The maximum atomic E-state index is 4.51. The van der Waals surface area contributed by atoms with Crippen LogP contribution < -0.4 is 5.32 Å². The van der Waals surface area contributed by atoms with Crippen LogP contribution in [0.15, 0.2) is 35.3 Å². The minimum absolute atomic E-state index is 0.628. The van der Waals surface area contributed by atoms with Crippen LogP contribution in [-0.2, 0) is 0 Å². The van der Waals surface area contributed by atoms with Gasteiger partial charge in [0, 0.05) is 51.2 Å². The number of benzene rings is 1. The van der Waals surface area contributed by atoms with Crippen molar-refractivity contribution in [1.29, 1.82) is 0 Å². The molecule has 1 saturated heterocycles. The van der Waals surface area contributed by atoms with Crippen LogP contribution in [-0.4, -0.2) is 61.1 Å². The van der Waals surface area contributed by atoms with E-state index >= 15 is 0 Å².